The molecule has 6 nitrogen and oxygen atoms in total. The fourth-order valence-electron chi connectivity index (χ4n) is 3.02. The number of hydrogen-bond donors (Lipinski definition) is 1. The van der Waals surface area contributed by atoms with E-state index in [0.717, 1.165) is 28.8 Å². The van der Waals surface area contributed by atoms with E-state index in [1.807, 2.05) is 42.5 Å². The van der Waals surface area contributed by atoms with Crippen LogP contribution in [0.4, 0.5) is 5.82 Å². The molecular weight excluding hydrogens is 316 g/mol. The third-order valence-corrected chi connectivity index (χ3v) is 4.33. The van der Waals surface area contributed by atoms with E-state index in [1.54, 1.807) is 12.5 Å². The summed E-state index contributed by atoms with van der Waals surface area (Å²) in [5, 5.41) is 4.49. The van der Waals surface area contributed by atoms with Gasteiger partial charge in [-0.3, -0.25) is 4.98 Å². The Morgan fingerprint density at radius 3 is 2.92 bits per heavy atom. The summed E-state index contributed by atoms with van der Waals surface area (Å²) in [5.74, 6) is 0.813. The van der Waals surface area contributed by atoms with Gasteiger partial charge < -0.3 is 14.8 Å². The number of pyridine rings is 1. The predicted octanol–water partition coefficient (Wildman–Crippen LogP) is 2.81. The van der Waals surface area contributed by atoms with E-state index in [1.165, 1.54) is 0 Å². The first-order valence-electron chi connectivity index (χ1n) is 8.46. The number of hydrogen-bond acceptors (Lipinski definition) is 6. The van der Waals surface area contributed by atoms with Crippen LogP contribution in [-0.2, 0) is 16.1 Å². The van der Waals surface area contributed by atoms with Gasteiger partial charge in [-0.25, -0.2) is 9.97 Å². The Labute approximate surface area is 146 Å². The molecule has 1 aromatic carbocycles. The average Bonchev–Trinajstić information content (AvgIpc) is 2.68. The number of nitrogens with zero attached hydrogens (tertiary/aromatic N) is 3. The first-order chi connectivity index (χ1) is 12.4. The molecule has 4 rings (SSSR count). The Balaban J connectivity index is 1.49. The fraction of sp³-hybridized carbons (Fsp3) is 0.316. The summed E-state index contributed by atoms with van der Waals surface area (Å²) in [5.41, 5.74) is 1.85. The first kappa shape index (κ1) is 15.9. The Morgan fingerprint density at radius 1 is 1.08 bits per heavy atom. The lowest BCUT2D eigenvalue weighted by atomic mass is 10.1. The second-order valence-corrected chi connectivity index (χ2v) is 6.02. The van der Waals surface area contributed by atoms with Gasteiger partial charge in [0.2, 0.25) is 0 Å². The average molecular weight is 336 g/mol. The largest absolute Gasteiger partial charge is 0.379 e. The molecule has 2 aromatic heterocycles. The van der Waals surface area contributed by atoms with Crippen LogP contribution in [0.25, 0.3) is 10.9 Å². The van der Waals surface area contributed by atoms with Crippen LogP contribution in [-0.4, -0.2) is 40.3 Å². The van der Waals surface area contributed by atoms with Gasteiger partial charge in [0.1, 0.15) is 12.1 Å². The Hall–Kier alpha value is -2.57. The van der Waals surface area contributed by atoms with Crippen molar-refractivity contribution in [2.24, 2.45) is 0 Å². The lowest BCUT2D eigenvalue weighted by Gasteiger charge is -2.32. The van der Waals surface area contributed by atoms with E-state index in [0.29, 0.717) is 19.8 Å². The molecule has 3 heterocycles. The molecule has 2 atom stereocenters. The number of rotatable bonds is 5. The highest BCUT2D eigenvalue weighted by Gasteiger charge is 2.27. The van der Waals surface area contributed by atoms with Gasteiger partial charge >= 0.3 is 0 Å². The summed E-state index contributed by atoms with van der Waals surface area (Å²) in [7, 11) is 0. The van der Waals surface area contributed by atoms with Gasteiger partial charge in [0.05, 0.1) is 36.6 Å². The summed E-state index contributed by atoms with van der Waals surface area (Å²) in [6.07, 6.45) is 4.25. The first-order valence-corrected chi connectivity index (χ1v) is 8.46. The number of ether oxygens (including phenoxy) is 2. The Morgan fingerprint density at radius 2 is 2.00 bits per heavy atom. The van der Waals surface area contributed by atoms with Crippen LogP contribution in [0.15, 0.2) is 55.0 Å². The van der Waals surface area contributed by atoms with Crippen molar-refractivity contribution in [2.45, 2.75) is 25.2 Å². The van der Waals surface area contributed by atoms with Crippen LogP contribution < -0.4 is 5.32 Å². The molecule has 1 aliphatic heterocycles. The van der Waals surface area contributed by atoms with E-state index >= 15 is 0 Å². The molecule has 3 aromatic rings. The monoisotopic (exact) mass is 336 g/mol. The van der Waals surface area contributed by atoms with Crippen LogP contribution in [0.1, 0.15) is 12.1 Å². The molecule has 0 spiro atoms. The van der Waals surface area contributed by atoms with Crippen molar-refractivity contribution in [3.8, 4) is 0 Å². The summed E-state index contributed by atoms with van der Waals surface area (Å²) in [6.45, 7) is 1.79. The molecule has 0 bridgehead atoms. The molecule has 1 aliphatic rings. The van der Waals surface area contributed by atoms with Gasteiger partial charge in [-0.05, 0) is 30.7 Å². The highest BCUT2D eigenvalue weighted by atomic mass is 16.5. The molecule has 1 N–H and O–H groups in total. The minimum atomic E-state index is 0.0377. The lowest BCUT2D eigenvalue weighted by molar-refractivity contribution is -0.0486. The summed E-state index contributed by atoms with van der Waals surface area (Å²) < 4.78 is 11.8. The summed E-state index contributed by atoms with van der Waals surface area (Å²) in [6, 6.07) is 13.8. The second kappa shape index (κ2) is 7.55. The molecule has 0 saturated carbocycles. The molecule has 25 heavy (non-hydrogen) atoms. The third-order valence-electron chi connectivity index (χ3n) is 4.33. The van der Waals surface area contributed by atoms with Crippen molar-refractivity contribution in [3.05, 3.63) is 60.7 Å². The van der Waals surface area contributed by atoms with Gasteiger partial charge in [-0.1, -0.05) is 18.2 Å². The lowest BCUT2D eigenvalue weighted by Crippen LogP contribution is -2.44. The molecule has 0 amide bonds. The van der Waals surface area contributed by atoms with E-state index in [-0.39, 0.29) is 12.1 Å². The number of aromatic nitrogens is 3. The Kier molecular flexibility index (Phi) is 4.81. The van der Waals surface area contributed by atoms with Crippen molar-refractivity contribution in [2.75, 3.05) is 18.5 Å². The second-order valence-electron chi connectivity index (χ2n) is 6.02. The smallest absolute Gasteiger partial charge is 0.137 e. The number of anilines is 1. The molecular formula is C19H20N4O2. The molecule has 1 fully saturated rings. The molecule has 1 saturated heterocycles. The normalized spacial score (nSPS) is 20.5. The molecule has 6 heteroatoms. The van der Waals surface area contributed by atoms with Crippen molar-refractivity contribution >= 4 is 16.7 Å². The third kappa shape index (κ3) is 3.75. The highest BCUT2D eigenvalue weighted by Crippen LogP contribution is 2.22. The molecule has 128 valence electrons. The van der Waals surface area contributed by atoms with Gasteiger partial charge in [0, 0.05) is 18.2 Å². The van der Waals surface area contributed by atoms with Gasteiger partial charge in [0.15, 0.2) is 0 Å². The highest BCUT2D eigenvalue weighted by molar-refractivity contribution is 5.88. The maximum absolute atomic E-state index is 6.12. The topological polar surface area (TPSA) is 69.2 Å². The maximum atomic E-state index is 6.12. The number of nitrogens with one attached hydrogen (secondary N) is 1. The fourth-order valence-corrected chi connectivity index (χ4v) is 3.02. The minimum Gasteiger partial charge on any atom is -0.379 e. The number of para-hydroxylation sites is 1. The molecule has 0 aliphatic carbocycles. The van der Waals surface area contributed by atoms with Crippen LogP contribution in [0.2, 0.25) is 0 Å². The quantitative estimate of drug-likeness (QED) is 0.773. The number of fused-ring (bicyclic) bond motifs is 1. The van der Waals surface area contributed by atoms with E-state index in [2.05, 4.69) is 20.3 Å². The zero-order valence-electron chi connectivity index (χ0n) is 13.8. The zero-order chi connectivity index (χ0) is 16.9. The van der Waals surface area contributed by atoms with Crippen molar-refractivity contribution in [3.63, 3.8) is 0 Å². The van der Waals surface area contributed by atoms with Crippen LogP contribution in [0.3, 0.4) is 0 Å². The van der Waals surface area contributed by atoms with E-state index in [4.69, 9.17) is 9.47 Å². The van der Waals surface area contributed by atoms with Crippen LogP contribution in [0.5, 0.6) is 0 Å². The van der Waals surface area contributed by atoms with Gasteiger partial charge in [-0.15, -0.1) is 0 Å². The van der Waals surface area contributed by atoms with Gasteiger partial charge in [-0.2, -0.15) is 0 Å². The predicted molar refractivity (Wildman–Crippen MR) is 95.2 cm³/mol. The zero-order valence-corrected chi connectivity index (χ0v) is 13.8. The molecule has 0 radical (unpaired) electrons. The van der Waals surface area contributed by atoms with Crippen molar-refractivity contribution in [1.29, 1.82) is 0 Å². The van der Waals surface area contributed by atoms with Crippen molar-refractivity contribution < 1.29 is 9.47 Å². The van der Waals surface area contributed by atoms with Gasteiger partial charge in [0.25, 0.3) is 0 Å². The van der Waals surface area contributed by atoms with E-state index in [9.17, 15) is 0 Å². The SMILES string of the molecule is c1ccc(CO[C@@H]2CCOC[C@H]2Nc2ncnc3ccccc23)nc1. The molecule has 0 unspecified atom stereocenters. The van der Waals surface area contributed by atoms with Crippen LogP contribution in [0, 0.1) is 0 Å². The number of benzene rings is 1. The minimum absolute atomic E-state index is 0.0377. The standard InChI is InChI=1S/C19H20N4O2/c1-2-7-16-15(6-1)19(22-13-21-16)23-17-12-24-10-8-18(17)25-11-14-5-3-4-9-20-14/h1-7,9,13,17-18H,8,10-12H2,(H,21,22,23)/t17-,18-/m1/s1. The van der Waals surface area contributed by atoms with Crippen LogP contribution >= 0.6 is 0 Å². The Bertz CT molecular complexity index is 823. The maximum Gasteiger partial charge on any atom is 0.137 e. The summed E-state index contributed by atoms with van der Waals surface area (Å²) >= 11 is 0. The summed E-state index contributed by atoms with van der Waals surface area (Å²) in [4.78, 5) is 13.0. The van der Waals surface area contributed by atoms with E-state index < -0.39 is 0 Å². The van der Waals surface area contributed by atoms with Crippen molar-refractivity contribution in [1.82, 2.24) is 15.0 Å².